The molecule has 6 nitrogen and oxygen atoms in total. The van der Waals surface area contributed by atoms with E-state index in [1.165, 1.54) is 0 Å². The third-order valence-corrected chi connectivity index (χ3v) is 12.0. The molecule has 1 saturated heterocycles. The number of amides is 1. The first kappa shape index (κ1) is 33.1. The Balaban J connectivity index is 1.64. The molecule has 5 rings (SSSR count). The summed E-state index contributed by atoms with van der Waals surface area (Å²) in [5, 5.41) is 9.26. The first-order chi connectivity index (χ1) is 20.7. The van der Waals surface area contributed by atoms with E-state index in [0.29, 0.717) is 12.1 Å². The van der Waals surface area contributed by atoms with Crippen LogP contribution in [-0.2, 0) is 36.3 Å². The largest absolute Gasteiger partial charge is 0.481 e. The van der Waals surface area contributed by atoms with E-state index in [1.54, 1.807) is 0 Å². The minimum absolute atomic E-state index is 0.163. The molecule has 3 aliphatic rings. The van der Waals surface area contributed by atoms with Gasteiger partial charge in [-0.1, -0.05) is 18.2 Å². The second-order valence-corrected chi connectivity index (χ2v) is 14.0. The predicted octanol–water partition coefficient (Wildman–Crippen LogP) is 6.31. The number of likely N-dealkylation sites (tertiary alicyclic amines) is 1. The van der Waals surface area contributed by atoms with Gasteiger partial charge in [0.25, 0.3) is 5.91 Å². The van der Waals surface area contributed by atoms with E-state index in [9.17, 15) is 58.2 Å². The van der Waals surface area contributed by atoms with Crippen molar-refractivity contribution < 1.29 is 62.6 Å². The average Bonchev–Trinajstić information content (AvgIpc) is 3.37. The predicted molar refractivity (Wildman–Crippen MR) is 138 cm³/mol. The molecule has 45 heavy (non-hydrogen) atoms. The fourth-order valence-corrected chi connectivity index (χ4v) is 9.46. The Morgan fingerprint density at radius 3 is 1.98 bits per heavy atom. The van der Waals surface area contributed by atoms with Gasteiger partial charge in [-0.25, -0.2) is 21.6 Å². The summed E-state index contributed by atoms with van der Waals surface area (Å²) < 4.78 is 152. The number of fused-ring (bicyclic) bond motifs is 3. The van der Waals surface area contributed by atoms with Gasteiger partial charge in [-0.2, -0.15) is 26.3 Å². The molecule has 0 bridgehead atoms. The van der Waals surface area contributed by atoms with Gasteiger partial charge in [-0.05, 0) is 80.3 Å². The van der Waals surface area contributed by atoms with E-state index >= 15 is 4.39 Å². The summed E-state index contributed by atoms with van der Waals surface area (Å²) in [5.74, 6) is -3.96. The first-order valence-electron chi connectivity index (χ1n) is 13.9. The topological polar surface area (TPSA) is 91.8 Å². The zero-order chi connectivity index (χ0) is 33.4. The van der Waals surface area contributed by atoms with Gasteiger partial charge in [0.05, 0.1) is 16.9 Å². The third-order valence-electron chi connectivity index (χ3n) is 9.44. The Labute approximate surface area is 251 Å². The number of aliphatic carboxylic acids is 1. The van der Waals surface area contributed by atoms with E-state index in [4.69, 9.17) is 0 Å². The number of carboxylic acids is 1. The second-order valence-electron chi connectivity index (χ2n) is 11.8. The Morgan fingerprint density at radius 1 is 0.867 bits per heavy atom. The zero-order valence-electron chi connectivity index (χ0n) is 23.2. The first-order valence-corrected chi connectivity index (χ1v) is 15.4. The summed E-state index contributed by atoms with van der Waals surface area (Å²) in [6.45, 7) is -0.378. The molecule has 2 aliphatic carbocycles. The van der Waals surface area contributed by atoms with Gasteiger partial charge in [0.15, 0.2) is 15.5 Å². The number of carbonyl (C=O) groups excluding carboxylic acids is 1. The summed E-state index contributed by atoms with van der Waals surface area (Å²) >= 11 is 0. The lowest BCUT2D eigenvalue weighted by molar-refractivity contribution is -0.348. The molecular weight excluding hydrogens is 645 g/mol. The lowest BCUT2D eigenvalue weighted by Crippen LogP contribution is -2.56. The van der Waals surface area contributed by atoms with Crippen molar-refractivity contribution in [1.29, 1.82) is 0 Å². The van der Waals surface area contributed by atoms with E-state index in [1.807, 2.05) is 0 Å². The number of hydrogen-bond acceptors (Lipinski definition) is 4. The van der Waals surface area contributed by atoms with Gasteiger partial charge in [0, 0.05) is 12.1 Å². The van der Waals surface area contributed by atoms with Crippen LogP contribution in [0.25, 0.3) is 0 Å². The van der Waals surface area contributed by atoms with Crippen molar-refractivity contribution in [3.8, 4) is 0 Å². The third kappa shape index (κ3) is 4.89. The standard InChI is InChI=1S/C29H26F9NO5S/c30-19-3-5-20(6-4-19)45(43,44)26-13-14-39(24(42)25(31)11-9-16(10-12-25)23(40)41)22(26)8-1-17-15-18(2-7-21(17)26)27(32,28(33,34)35)29(36,37)38/h2-7,15-16,22H,1,8-14H2,(H,40,41)/t16?,22-,25?,26-/m1/s1. The normalized spacial score (nSPS) is 27.5. The second kappa shape index (κ2) is 10.6. The van der Waals surface area contributed by atoms with Crippen molar-refractivity contribution in [1.82, 2.24) is 4.90 Å². The minimum atomic E-state index is -6.42. The molecule has 2 fully saturated rings. The lowest BCUT2D eigenvalue weighted by Gasteiger charge is -2.44. The van der Waals surface area contributed by atoms with Crippen LogP contribution in [0.3, 0.4) is 0 Å². The van der Waals surface area contributed by atoms with Crippen LogP contribution >= 0.6 is 0 Å². The monoisotopic (exact) mass is 671 g/mol. The van der Waals surface area contributed by atoms with Crippen LogP contribution in [-0.4, -0.2) is 60.9 Å². The van der Waals surface area contributed by atoms with Crippen LogP contribution < -0.4 is 0 Å². The minimum Gasteiger partial charge on any atom is -0.481 e. The summed E-state index contributed by atoms with van der Waals surface area (Å²) in [5.41, 5.74) is -10.7. The number of hydrogen-bond donors (Lipinski definition) is 1. The van der Waals surface area contributed by atoms with Gasteiger partial charge < -0.3 is 10.0 Å². The van der Waals surface area contributed by atoms with Crippen molar-refractivity contribution in [2.24, 2.45) is 5.92 Å². The number of nitrogens with zero attached hydrogens (tertiary/aromatic N) is 1. The van der Waals surface area contributed by atoms with E-state index < -0.39 is 97.6 Å². The van der Waals surface area contributed by atoms with E-state index in [2.05, 4.69) is 0 Å². The highest BCUT2D eigenvalue weighted by Crippen LogP contribution is 2.57. The van der Waals surface area contributed by atoms with Gasteiger partial charge in [-0.15, -0.1) is 0 Å². The average molecular weight is 672 g/mol. The number of sulfone groups is 1. The molecular formula is C29H26F9NO5S. The molecule has 2 aromatic carbocycles. The van der Waals surface area contributed by atoms with Crippen LogP contribution in [0.1, 0.15) is 55.2 Å². The number of alkyl halides is 8. The molecule has 0 aromatic heterocycles. The maximum Gasteiger partial charge on any atom is 0.435 e. The summed E-state index contributed by atoms with van der Waals surface area (Å²) in [7, 11) is -4.73. The Bertz CT molecular complexity index is 1600. The van der Waals surface area contributed by atoms with Crippen molar-refractivity contribution >= 4 is 21.7 Å². The molecule has 1 aliphatic heterocycles. The summed E-state index contributed by atoms with van der Waals surface area (Å²) in [4.78, 5) is 25.5. The number of benzene rings is 2. The number of halogens is 9. The van der Waals surface area contributed by atoms with Crippen LogP contribution in [0.4, 0.5) is 39.5 Å². The van der Waals surface area contributed by atoms with Gasteiger partial charge in [0.1, 0.15) is 10.6 Å². The highest BCUT2D eigenvalue weighted by atomic mass is 32.2. The lowest BCUT2D eigenvalue weighted by atomic mass is 9.76. The molecule has 0 unspecified atom stereocenters. The van der Waals surface area contributed by atoms with Crippen molar-refractivity contribution in [3.05, 3.63) is 65.0 Å². The SMILES string of the molecule is O=C(O)C1CCC(F)(C(=O)N2CC[C@@]3(S(=O)(=O)c4ccc(F)cc4)c4ccc(C(F)(C(F)(F)F)C(F)(F)F)cc4CC[C@@H]23)CC1. The Hall–Kier alpha value is -3.30. The molecule has 16 heteroatoms. The van der Waals surface area contributed by atoms with E-state index in [-0.39, 0.29) is 49.4 Å². The molecule has 1 amide bonds. The maximum atomic E-state index is 16.1. The molecule has 1 N–H and O–H groups in total. The quantitative estimate of drug-likeness (QED) is 0.297. The fourth-order valence-electron chi connectivity index (χ4n) is 7.09. The Morgan fingerprint density at radius 2 is 1.44 bits per heavy atom. The molecule has 2 atom stereocenters. The van der Waals surface area contributed by atoms with Gasteiger partial charge in [0.2, 0.25) is 0 Å². The molecule has 0 radical (unpaired) electrons. The smallest absolute Gasteiger partial charge is 0.435 e. The van der Waals surface area contributed by atoms with Crippen molar-refractivity contribution in [2.45, 2.75) is 84.3 Å². The Kier molecular flexibility index (Phi) is 7.81. The summed E-state index contributed by atoms with van der Waals surface area (Å²) in [6.07, 6.45) is -15.3. The van der Waals surface area contributed by atoms with Crippen LogP contribution in [0.5, 0.6) is 0 Å². The van der Waals surface area contributed by atoms with Crippen LogP contribution in [0, 0.1) is 11.7 Å². The molecule has 2 aromatic rings. The maximum absolute atomic E-state index is 16.1. The molecule has 1 saturated carbocycles. The number of carbonyl (C=O) groups is 2. The van der Waals surface area contributed by atoms with E-state index in [0.717, 1.165) is 29.2 Å². The van der Waals surface area contributed by atoms with Crippen LogP contribution in [0.15, 0.2) is 47.4 Å². The van der Waals surface area contributed by atoms with Crippen molar-refractivity contribution in [2.75, 3.05) is 6.54 Å². The van der Waals surface area contributed by atoms with Crippen LogP contribution in [0.2, 0.25) is 0 Å². The zero-order valence-corrected chi connectivity index (χ0v) is 24.0. The number of carboxylic acid groups (broad SMARTS) is 1. The number of aryl methyl sites for hydroxylation is 1. The highest BCUT2D eigenvalue weighted by molar-refractivity contribution is 7.92. The van der Waals surface area contributed by atoms with Gasteiger partial charge in [-0.3, -0.25) is 9.59 Å². The fraction of sp³-hybridized carbons (Fsp3) is 0.517. The van der Waals surface area contributed by atoms with Crippen molar-refractivity contribution in [3.63, 3.8) is 0 Å². The number of rotatable bonds is 5. The highest BCUT2D eigenvalue weighted by Gasteiger charge is 2.74. The molecule has 1 heterocycles. The van der Waals surface area contributed by atoms with Gasteiger partial charge >= 0.3 is 24.0 Å². The molecule has 246 valence electrons. The molecule has 0 spiro atoms. The summed E-state index contributed by atoms with van der Waals surface area (Å²) in [6, 6.07) is 3.31.